The van der Waals surface area contributed by atoms with Gasteiger partial charge in [0.1, 0.15) is 0 Å². The Kier molecular flexibility index (Phi) is 5.17. The van der Waals surface area contributed by atoms with Gasteiger partial charge in [-0.25, -0.2) is 0 Å². The van der Waals surface area contributed by atoms with Gasteiger partial charge in [-0.1, -0.05) is 32.0 Å². The van der Waals surface area contributed by atoms with E-state index in [4.69, 9.17) is 0 Å². The normalized spacial score (nSPS) is 17.2. The predicted molar refractivity (Wildman–Crippen MR) is 87.8 cm³/mol. The summed E-state index contributed by atoms with van der Waals surface area (Å²) in [6.45, 7) is 12.3. The standard InChI is InChI=1S/C18H28N2O/c1-14(2)12-15-6-5-7-16(13-15)17(21)18(3,4)20-10-8-19-9-11-20/h5-7,13-14,19H,8-12H2,1-4H3. The average Bonchev–Trinajstić information content (AvgIpc) is 2.47. The highest BCUT2D eigenvalue weighted by molar-refractivity contribution is 6.02. The number of hydrogen-bond donors (Lipinski definition) is 1. The molecule has 1 aliphatic heterocycles. The molecule has 1 aliphatic rings. The van der Waals surface area contributed by atoms with Crippen LogP contribution in [-0.2, 0) is 6.42 Å². The molecule has 3 nitrogen and oxygen atoms in total. The Morgan fingerprint density at radius 3 is 2.57 bits per heavy atom. The molecule has 116 valence electrons. The van der Waals surface area contributed by atoms with Gasteiger partial charge < -0.3 is 5.32 Å². The molecule has 0 spiro atoms. The second-order valence-electron chi connectivity index (χ2n) is 6.92. The average molecular weight is 288 g/mol. The van der Waals surface area contributed by atoms with Crippen molar-refractivity contribution in [2.45, 2.75) is 39.7 Å². The predicted octanol–water partition coefficient (Wildman–Crippen LogP) is 2.75. The zero-order chi connectivity index (χ0) is 15.5. The summed E-state index contributed by atoms with van der Waals surface area (Å²) >= 11 is 0. The molecule has 0 bridgehead atoms. The SMILES string of the molecule is CC(C)Cc1cccc(C(=O)C(C)(C)N2CCNCC2)c1. The summed E-state index contributed by atoms with van der Waals surface area (Å²) in [6.07, 6.45) is 1.02. The van der Waals surface area contributed by atoms with Crippen molar-refractivity contribution in [2.75, 3.05) is 26.2 Å². The van der Waals surface area contributed by atoms with E-state index in [1.54, 1.807) is 0 Å². The molecule has 0 aromatic heterocycles. The van der Waals surface area contributed by atoms with Crippen molar-refractivity contribution in [3.05, 3.63) is 35.4 Å². The van der Waals surface area contributed by atoms with Gasteiger partial charge in [0.15, 0.2) is 5.78 Å². The lowest BCUT2D eigenvalue weighted by Gasteiger charge is -2.40. The lowest BCUT2D eigenvalue weighted by Crippen LogP contribution is -2.57. The zero-order valence-corrected chi connectivity index (χ0v) is 13.8. The quantitative estimate of drug-likeness (QED) is 0.846. The number of ketones is 1. The first-order valence-corrected chi connectivity index (χ1v) is 8.01. The van der Waals surface area contributed by atoms with Crippen LogP contribution in [0.25, 0.3) is 0 Å². The molecule has 0 radical (unpaired) electrons. The van der Waals surface area contributed by atoms with E-state index in [9.17, 15) is 4.79 Å². The maximum Gasteiger partial charge on any atom is 0.182 e. The van der Waals surface area contributed by atoms with E-state index in [2.05, 4.69) is 50.0 Å². The van der Waals surface area contributed by atoms with Crippen molar-refractivity contribution >= 4 is 5.78 Å². The lowest BCUT2D eigenvalue weighted by molar-refractivity contribution is 0.0602. The van der Waals surface area contributed by atoms with Crippen LogP contribution in [0.15, 0.2) is 24.3 Å². The maximum atomic E-state index is 12.9. The van der Waals surface area contributed by atoms with E-state index in [1.165, 1.54) is 5.56 Å². The number of Topliss-reactive ketones (excluding diaryl/α,β-unsaturated/α-hetero) is 1. The van der Waals surface area contributed by atoms with E-state index in [1.807, 2.05) is 12.1 Å². The fraction of sp³-hybridized carbons (Fsp3) is 0.611. The number of nitrogens with one attached hydrogen (secondary N) is 1. The van der Waals surface area contributed by atoms with Gasteiger partial charge in [0.2, 0.25) is 0 Å². The molecule has 1 aromatic carbocycles. The Balaban J connectivity index is 2.17. The van der Waals surface area contributed by atoms with Crippen LogP contribution in [-0.4, -0.2) is 42.4 Å². The fourth-order valence-electron chi connectivity index (χ4n) is 3.03. The van der Waals surface area contributed by atoms with Crippen molar-refractivity contribution in [1.82, 2.24) is 10.2 Å². The first-order chi connectivity index (χ1) is 9.91. The summed E-state index contributed by atoms with van der Waals surface area (Å²) in [5.74, 6) is 0.839. The number of benzene rings is 1. The van der Waals surface area contributed by atoms with E-state index in [-0.39, 0.29) is 5.78 Å². The Morgan fingerprint density at radius 2 is 1.95 bits per heavy atom. The highest BCUT2D eigenvalue weighted by Gasteiger charge is 2.35. The molecule has 1 N–H and O–H groups in total. The highest BCUT2D eigenvalue weighted by atomic mass is 16.1. The first kappa shape index (κ1) is 16.2. The first-order valence-electron chi connectivity index (χ1n) is 8.01. The summed E-state index contributed by atoms with van der Waals surface area (Å²) in [7, 11) is 0. The van der Waals surface area contributed by atoms with Crippen molar-refractivity contribution < 1.29 is 4.79 Å². The highest BCUT2D eigenvalue weighted by Crippen LogP contribution is 2.22. The molecular formula is C18H28N2O. The number of nitrogens with zero attached hydrogens (tertiary/aromatic N) is 1. The minimum Gasteiger partial charge on any atom is -0.314 e. The molecule has 21 heavy (non-hydrogen) atoms. The summed E-state index contributed by atoms with van der Waals surface area (Å²) < 4.78 is 0. The molecule has 0 atom stereocenters. The third-order valence-electron chi connectivity index (χ3n) is 4.30. The number of hydrogen-bond acceptors (Lipinski definition) is 3. The molecule has 0 unspecified atom stereocenters. The molecule has 1 fully saturated rings. The Bertz CT molecular complexity index is 488. The summed E-state index contributed by atoms with van der Waals surface area (Å²) in [5.41, 5.74) is 1.67. The van der Waals surface area contributed by atoms with Gasteiger partial charge in [0.05, 0.1) is 5.54 Å². The van der Waals surface area contributed by atoms with Crippen molar-refractivity contribution in [3.8, 4) is 0 Å². The molecule has 0 amide bonds. The minimum atomic E-state index is -0.432. The lowest BCUT2D eigenvalue weighted by atomic mass is 9.89. The largest absolute Gasteiger partial charge is 0.314 e. The molecule has 2 rings (SSSR count). The van der Waals surface area contributed by atoms with Gasteiger partial charge in [0.25, 0.3) is 0 Å². The fourth-order valence-corrected chi connectivity index (χ4v) is 3.03. The van der Waals surface area contributed by atoms with Gasteiger partial charge in [0, 0.05) is 31.7 Å². The summed E-state index contributed by atoms with van der Waals surface area (Å²) in [6, 6.07) is 8.16. The third kappa shape index (κ3) is 3.92. The number of piperazine rings is 1. The molecule has 0 aliphatic carbocycles. The molecular weight excluding hydrogens is 260 g/mol. The van der Waals surface area contributed by atoms with Crippen molar-refractivity contribution in [1.29, 1.82) is 0 Å². The number of rotatable bonds is 5. The monoisotopic (exact) mass is 288 g/mol. The zero-order valence-electron chi connectivity index (χ0n) is 13.8. The van der Waals surface area contributed by atoms with Gasteiger partial charge in [-0.3, -0.25) is 9.69 Å². The molecule has 1 aromatic rings. The van der Waals surface area contributed by atoms with Gasteiger partial charge >= 0.3 is 0 Å². The van der Waals surface area contributed by atoms with Crippen LogP contribution in [0.3, 0.4) is 0 Å². The Labute approximate surface area is 128 Å². The van der Waals surface area contributed by atoms with Crippen LogP contribution in [0.2, 0.25) is 0 Å². The second kappa shape index (κ2) is 6.71. The van der Waals surface area contributed by atoms with Crippen LogP contribution in [0.1, 0.15) is 43.6 Å². The van der Waals surface area contributed by atoms with E-state index < -0.39 is 5.54 Å². The van der Waals surface area contributed by atoms with Crippen LogP contribution in [0.5, 0.6) is 0 Å². The van der Waals surface area contributed by atoms with E-state index in [0.29, 0.717) is 5.92 Å². The topological polar surface area (TPSA) is 32.3 Å². The second-order valence-corrected chi connectivity index (χ2v) is 6.92. The number of carbonyl (C=O) groups excluding carboxylic acids is 1. The van der Waals surface area contributed by atoms with Gasteiger partial charge in [-0.05, 0) is 37.8 Å². The maximum absolute atomic E-state index is 12.9. The van der Waals surface area contributed by atoms with Gasteiger partial charge in [-0.15, -0.1) is 0 Å². The smallest absolute Gasteiger partial charge is 0.182 e. The Hall–Kier alpha value is -1.19. The summed E-state index contributed by atoms with van der Waals surface area (Å²) in [4.78, 5) is 15.2. The molecule has 1 heterocycles. The van der Waals surface area contributed by atoms with E-state index in [0.717, 1.165) is 38.2 Å². The van der Waals surface area contributed by atoms with Crippen LogP contribution < -0.4 is 5.32 Å². The summed E-state index contributed by atoms with van der Waals surface area (Å²) in [5, 5.41) is 3.34. The molecule has 0 saturated carbocycles. The van der Waals surface area contributed by atoms with E-state index >= 15 is 0 Å². The van der Waals surface area contributed by atoms with Crippen LogP contribution in [0.4, 0.5) is 0 Å². The molecule has 3 heteroatoms. The van der Waals surface area contributed by atoms with Crippen LogP contribution >= 0.6 is 0 Å². The Morgan fingerprint density at radius 1 is 1.29 bits per heavy atom. The third-order valence-corrected chi connectivity index (χ3v) is 4.30. The van der Waals surface area contributed by atoms with Crippen molar-refractivity contribution in [2.24, 2.45) is 5.92 Å². The van der Waals surface area contributed by atoms with Gasteiger partial charge in [-0.2, -0.15) is 0 Å². The van der Waals surface area contributed by atoms with Crippen LogP contribution in [0, 0.1) is 5.92 Å². The number of carbonyl (C=O) groups is 1. The molecule has 1 saturated heterocycles. The minimum absolute atomic E-state index is 0.231. The van der Waals surface area contributed by atoms with Crippen molar-refractivity contribution in [3.63, 3.8) is 0 Å².